The minimum atomic E-state index is -0.347. The SMILES string of the molecule is CCNC(=O)N1CCc2c([nH]c3ccc(Cl)cc23)C1=O. The number of nitrogens with zero attached hydrogens (tertiary/aromatic N) is 1. The van der Waals surface area contributed by atoms with Gasteiger partial charge in [-0.2, -0.15) is 0 Å². The van der Waals surface area contributed by atoms with E-state index in [0.717, 1.165) is 16.5 Å². The first-order chi connectivity index (χ1) is 9.61. The third kappa shape index (κ3) is 1.94. The van der Waals surface area contributed by atoms with Crippen LogP contribution in [-0.2, 0) is 6.42 Å². The number of aromatic amines is 1. The summed E-state index contributed by atoms with van der Waals surface area (Å²) in [6, 6.07) is 5.12. The molecule has 2 aromatic rings. The van der Waals surface area contributed by atoms with Gasteiger partial charge >= 0.3 is 6.03 Å². The zero-order chi connectivity index (χ0) is 14.3. The van der Waals surface area contributed by atoms with Gasteiger partial charge in [0.1, 0.15) is 5.69 Å². The summed E-state index contributed by atoms with van der Waals surface area (Å²) in [5.74, 6) is -0.287. The third-order valence-corrected chi connectivity index (χ3v) is 3.72. The Morgan fingerprint density at radius 3 is 3.05 bits per heavy atom. The molecule has 104 valence electrons. The van der Waals surface area contributed by atoms with Crippen molar-refractivity contribution in [1.82, 2.24) is 15.2 Å². The van der Waals surface area contributed by atoms with Gasteiger partial charge in [0, 0.05) is 29.0 Å². The Morgan fingerprint density at radius 1 is 1.50 bits per heavy atom. The van der Waals surface area contributed by atoms with Crippen LogP contribution in [0.3, 0.4) is 0 Å². The molecular formula is C14H14ClN3O2. The van der Waals surface area contributed by atoms with Crippen molar-refractivity contribution in [3.8, 4) is 0 Å². The van der Waals surface area contributed by atoms with Crippen LogP contribution in [0.1, 0.15) is 23.0 Å². The maximum atomic E-state index is 12.4. The van der Waals surface area contributed by atoms with Crippen molar-refractivity contribution in [2.45, 2.75) is 13.3 Å². The van der Waals surface area contributed by atoms with Crippen LogP contribution in [0.5, 0.6) is 0 Å². The number of fused-ring (bicyclic) bond motifs is 3. The highest BCUT2D eigenvalue weighted by atomic mass is 35.5. The summed E-state index contributed by atoms with van der Waals surface area (Å²) in [5, 5.41) is 4.24. The topological polar surface area (TPSA) is 65.2 Å². The van der Waals surface area contributed by atoms with E-state index in [4.69, 9.17) is 11.6 Å². The van der Waals surface area contributed by atoms with Gasteiger partial charge < -0.3 is 10.3 Å². The van der Waals surface area contributed by atoms with Gasteiger partial charge in [-0.05, 0) is 37.1 Å². The maximum Gasteiger partial charge on any atom is 0.324 e. The normalized spacial score (nSPS) is 14.5. The van der Waals surface area contributed by atoms with E-state index in [2.05, 4.69) is 10.3 Å². The molecule has 5 nitrogen and oxygen atoms in total. The lowest BCUT2D eigenvalue weighted by Crippen LogP contribution is -2.47. The molecular weight excluding hydrogens is 278 g/mol. The molecule has 2 heterocycles. The quantitative estimate of drug-likeness (QED) is 0.848. The number of benzene rings is 1. The summed E-state index contributed by atoms with van der Waals surface area (Å²) < 4.78 is 0. The lowest BCUT2D eigenvalue weighted by atomic mass is 10.0. The molecule has 3 rings (SSSR count). The van der Waals surface area contributed by atoms with Crippen molar-refractivity contribution in [1.29, 1.82) is 0 Å². The lowest BCUT2D eigenvalue weighted by Gasteiger charge is -2.25. The summed E-state index contributed by atoms with van der Waals surface area (Å²) in [5.41, 5.74) is 2.29. The van der Waals surface area contributed by atoms with Gasteiger partial charge in [0.25, 0.3) is 5.91 Å². The zero-order valence-electron chi connectivity index (χ0n) is 11.0. The first-order valence-corrected chi connectivity index (χ1v) is 6.89. The number of halogens is 1. The van der Waals surface area contributed by atoms with Crippen molar-refractivity contribution in [3.63, 3.8) is 0 Å². The number of aromatic nitrogens is 1. The molecule has 1 aliphatic heterocycles. The second kappa shape index (κ2) is 4.83. The zero-order valence-corrected chi connectivity index (χ0v) is 11.8. The van der Waals surface area contributed by atoms with Gasteiger partial charge in [-0.25, -0.2) is 4.79 Å². The number of hydrogen-bond acceptors (Lipinski definition) is 2. The molecule has 0 aliphatic carbocycles. The average Bonchev–Trinajstić information content (AvgIpc) is 2.78. The highest BCUT2D eigenvalue weighted by Gasteiger charge is 2.31. The lowest BCUT2D eigenvalue weighted by molar-refractivity contribution is 0.0782. The van der Waals surface area contributed by atoms with Gasteiger partial charge in [-0.15, -0.1) is 0 Å². The molecule has 1 aromatic heterocycles. The number of nitrogens with one attached hydrogen (secondary N) is 2. The molecule has 20 heavy (non-hydrogen) atoms. The molecule has 3 amide bonds. The van der Waals surface area contributed by atoms with Gasteiger partial charge in [0.15, 0.2) is 0 Å². The highest BCUT2D eigenvalue weighted by Crippen LogP contribution is 2.29. The number of imide groups is 1. The van der Waals surface area contributed by atoms with Crippen LogP contribution < -0.4 is 5.32 Å². The van der Waals surface area contributed by atoms with E-state index in [9.17, 15) is 9.59 Å². The van der Waals surface area contributed by atoms with Crippen molar-refractivity contribution in [2.24, 2.45) is 0 Å². The van der Waals surface area contributed by atoms with Crippen molar-refractivity contribution < 1.29 is 9.59 Å². The Morgan fingerprint density at radius 2 is 2.30 bits per heavy atom. The first-order valence-electron chi connectivity index (χ1n) is 6.51. The average molecular weight is 292 g/mol. The Bertz CT molecular complexity index is 708. The van der Waals surface area contributed by atoms with Gasteiger partial charge in [-0.3, -0.25) is 9.69 Å². The van der Waals surface area contributed by atoms with E-state index in [-0.39, 0.29) is 11.9 Å². The van der Waals surface area contributed by atoms with Crippen LogP contribution in [0, 0.1) is 0 Å². The van der Waals surface area contributed by atoms with Crippen molar-refractivity contribution in [3.05, 3.63) is 34.5 Å². The molecule has 0 unspecified atom stereocenters. The van der Waals surface area contributed by atoms with Crippen LogP contribution in [0.2, 0.25) is 5.02 Å². The third-order valence-electron chi connectivity index (χ3n) is 3.49. The number of carbonyl (C=O) groups excluding carboxylic acids is 2. The predicted octanol–water partition coefficient (Wildman–Crippen LogP) is 2.55. The Hall–Kier alpha value is -2.01. The molecule has 0 saturated heterocycles. The minimum absolute atomic E-state index is 0.287. The van der Waals surface area contributed by atoms with E-state index >= 15 is 0 Å². The molecule has 0 saturated carbocycles. The number of amides is 3. The van der Waals surface area contributed by atoms with E-state index in [0.29, 0.717) is 30.2 Å². The largest absolute Gasteiger partial charge is 0.350 e. The smallest absolute Gasteiger partial charge is 0.324 e. The molecule has 0 radical (unpaired) electrons. The fourth-order valence-electron chi connectivity index (χ4n) is 2.56. The molecule has 0 spiro atoms. The molecule has 2 N–H and O–H groups in total. The summed E-state index contributed by atoms with van der Waals surface area (Å²) in [7, 11) is 0. The number of hydrogen-bond donors (Lipinski definition) is 2. The Kier molecular flexibility index (Phi) is 3.14. The number of urea groups is 1. The van der Waals surface area contributed by atoms with E-state index in [1.165, 1.54) is 4.90 Å². The second-order valence-corrected chi connectivity index (χ2v) is 5.15. The van der Waals surface area contributed by atoms with Crippen LogP contribution in [-0.4, -0.2) is 34.9 Å². The molecule has 1 aliphatic rings. The van der Waals surface area contributed by atoms with Crippen LogP contribution in [0.4, 0.5) is 4.79 Å². The van der Waals surface area contributed by atoms with E-state index < -0.39 is 0 Å². The Labute approximate surface area is 120 Å². The molecule has 6 heteroatoms. The van der Waals surface area contributed by atoms with Gasteiger partial charge in [0.05, 0.1) is 0 Å². The highest BCUT2D eigenvalue weighted by molar-refractivity contribution is 6.31. The minimum Gasteiger partial charge on any atom is -0.350 e. The fourth-order valence-corrected chi connectivity index (χ4v) is 2.73. The number of rotatable bonds is 1. The Balaban J connectivity index is 2.04. The van der Waals surface area contributed by atoms with E-state index in [1.807, 2.05) is 19.1 Å². The van der Waals surface area contributed by atoms with Gasteiger partial charge in [-0.1, -0.05) is 11.6 Å². The van der Waals surface area contributed by atoms with Crippen LogP contribution >= 0.6 is 11.6 Å². The molecule has 0 bridgehead atoms. The number of H-pyrrole nitrogens is 1. The molecule has 0 fully saturated rings. The fraction of sp³-hybridized carbons (Fsp3) is 0.286. The van der Waals surface area contributed by atoms with Crippen LogP contribution in [0.15, 0.2) is 18.2 Å². The number of carbonyl (C=O) groups is 2. The van der Waals surface area contributed by atoms with Crippen molar-refractivity contribution in [2.75, 3.05) is 13.1 Å². The van der Waals surface area contributed by atoms with E-state index in [1.54, 1.807) is 6.07 Å². The standard InChI is InChI=1S/C14H14ClN3O2/c1-2-16-14(20)18-6-5-9-10-7-8(15)3-4-11(10)17-12(9)13(18)19/h3-4,7,17H,2,5-6H2,1H3,(H,16,20). The van der Waals surface area contributed by atoms with Crippen LogP contribution in [0.25, 0.3) is 10.9 Å². The summed E-state index contributed by atoms with van der Waals surface area (Å²) >= 11 is 6.00. The summed E-state index contributed by atoms with van der Waals surface area (Å²) in [6.45, 7) is 2.71. The van der Waals surface area contributed by atoms with Gasteiger partial charge in [0.2, 0.25) is 0 Å². The first kappa shape index (κ1) is 13.0. The molecule has 1 aromatic carbocycles. The second-order valence-electron chi connectivity index (χ2n) is 4.71. The van der Waals surface area contributed by atoms with Crippen molar-refractivity contribution >= 4 is 34.4 Å². The monoisotopic (exact) mass is 291 g/mol. The summed E-state index contributed by atoms with van der Waals surface area (Å²) in [4.78, 5) is 28.6. The predicted molar refractivity (Wildman–Crippen MR) is 77.1 cm³/mol. The molecule has 0 atom stereocenters. The maximum absolute atomic E-state index is 12.4. The summed E-state index contributed by atoms with van der Waals surface area (Å²) in [6.07, 6.45) is 0.637.